The van der Waals surface area contributed by atoms with E-state index in [0.717, 1.165) is 0 Å². The lowest BCUT2D eigenvalue weighted by atomic mass is 10.2. The highest BCUT2D eigenvalue weighted by molar-refractivity contribution is 9.10. The molecule has 14 heavy (non-hydrogen) atoms. The Morgan fingerprint density at radius 1 is 1.57 bits per heavy atom. The summed E-state index contributed by atoms with van der Waals surface area (Å²) in [7, 11) is 0. The minimum atomic E-state index is -0.384. The molecule has 0 spiro atoms. The minimum Gasteiger partial charge on any atom is -0.351 e. The molecular weight excluding hydrogens is 272 g/mol. The number of hydrogen-bond acceptors (Lipinski definition) is 1. The van der Waals surface area contributed by atoms with Crippen LogP contribution in [0, 0.1) is 5.82 Å². The van der Waals surface area contributed by atoms with Crippen LogP contribution in [0.4, 0.5) is 4.39 Å². The van der Waals surface area contributed by atoms with E-state index in [4.69, 9.17) is 11.6 Å². The van der Waals surface area contributed by atoms with E-state index in [1.165, 1.54) is 18.2 Å². The van der Waals surface area contributed by atoms with Gasteiger partial charge in [0.15, 0.2) is 0 Å². The van der Waals surface area contributed by atoms with E-state index in [9.17, 15) is 9.18 Å². The monoisotopic (exact) mass is 279 g/mol. The van der Waals surface area contributed by atoms with E-state index in [1.807, 2.05) is 0 Å². The molecule has 1 amide bonds. The molecule has 0 atom stereocenters. The van der Waals surface area contributed by atoms with Crippen molar-refractivity contribution in [2.24, 2.45) is 0 Å². The molecule has 5 heteroatoms. The molecule has 1 aromatic carbocycles. The Morgan fingerprint density at radius 3 is 2.86 bits per heavy atom. The van der Waals surface area contributed by atoms with Crippen LogP contribution in [0.5, 0.6) is 0 Å². The van der Waals surface area contributed by atoms with Crippen molar-refractivity contribution in [3.8, 4) is 0 Å². The SMILES string of the molecule is O=C(NCCCl)c1ccc(F)cc1Br. The zero-order valence-corrected chi connectivity index (χ0v) is 9.53. The van der Waals surface area contributed by atoms with Crippen LogP contribution < -0.4 is 5.32 Å². The molecule has 1 aromatic rings. The Morgan fingerprint density at radius 2 is 2.29 bits per heavy atom. The summed E-state index contributed by atoms with van der Waals surface area (Å²) in [5.74, 6) is -0.298. The van der Waals surface area contributed by atoms with Crippen molar-refractivity contribution in [3.63, 3.8) is 0 Å². The number of carbonyl (C=O) groups excluding carboxylic acids is 1. The summed E-state index contributed by atoms with van der Waals surface area (Å²) in [5.41, 5.74) is 0.400. The number of hydrogen-bond donors (Lipinski definition) is 1. The Labute approximate surface area is 94.6 Å². The van der Waals surface area contributed by atoms with E-state index in [1.54, 1.807) is 0 Å². The third-order valence-electron chi connectivity index (χ3n) is 1.56. The van der Waals surface area contributed by atoms with Crippen LogP contribution in [0.3, 0.4) is 0 Å². The fraction of sp³-hybridized carbons (Fsp3) is 0.222. The molecule has 0 aliphatic rings. The number of carbonyl (C=O) groups is 1. The predicted molar refractivity (Wildman–Crippen MR) is 57.2 cm³/mol. The zero-order chi connectivity index (χ0) is 10.6. The number of alkyl halides is 1. The van der Waals surface area contributed by atoms with Gasteiger partial charge in [0.25, 0.3) is 5.91 Å². The summed E-state index contributed by atoms with van der Waals surface area (Å²) < 4.78 is 13.1. The Hall–Kier alpha value is -0.610. The highest BCUT2D eigenvalue weighted by Crippen LogP contribution is 2.17. The van der Waals surface area contributed by atoms with Crippen LogP contribution >= 0.6 is 27.5 Å². The first-order valence-corrected chi connectivity index (χ1v) is 5.27. The number of amides is 1. The van der Waals surface area contributed by atoms with Crippen LogP contribution in [0.2, 0.25) is 0 Å². The maximum absolute atomic E-state index is 12.7. The second kappa shape index (κ2) is 5.32. The lowest BCUT2D eigenvalue weighted by Crippen LogP contribution is -2.25. The van der Waals surface area contributed by atoms with Crippen molar-refractivity contribution in [1.82, 2.24) is 5.32 Å². The number of halogens is 3. The van der Waals surface area contributed by atoms with Gasteiger partial charge in [-0.15, -0.1) is 11.6 Å². The molecule has 0 unspecified atom stereocenters. The Bertz CT molecular complexity index is 346. The van der Waals surface area contributed by atoms with Gasteiger partial charge in [-0.1, -0.05) is 0 Å². The van der Waals surface area contributed by atoms with Crippen molar-refractivity contribution in [2.75, 3.05) is 12.4 Å². The second-order valence-corrected chi connectivity index (χ2v) is 3.80. The molecular formula is C9H8BrClFNO. The third kappa shape index (κ3) is 2.96. The average Bonchev–Trinajstić information content (AvgIpc) is 2.14. The molecule has 76 valence electrons. The first kappa shape index (κ1) is 11.5. The van der Waals surface area contributed by atoms with Crippen LogP contribution in [0.15, 0.2) is 22.7 Å². The van der Waals surface area contributed by atoms with E-state index in [2.05, 4.69) is 21.2 Å². The van der Waals surface area contributed by atoms with Crippen LogP contribution in [0.25, 0.3) is 0 Å². The van der Waals surface area contributed by atoms with Crippen LogP contribution in [-0.2, 0) is 0 Å². The molecule has 0 bridgehead atoms. The van der Waals surface area contributed by atoms with E-state index in [-0.39, 0.29) is 11.7 Å². The summed E-state index contributed by atoms with van der Waals surface area (Å²) in [5, 5.41) is 2.59. The molecule has 0 heterocycles. The summed E-state index contributed by atoms with van der Waals surface area (Å²) in [4.78, 5) is 11.4. The van der Waals surface area contributed by atoms with E-state index >= 15 is 0 Å². The van der Waals surface area contributed by atoms with Crippen molar-refractivity contribution in [1.29, 1.82) is 0 Å². The van der Waals surface area contributed by atoms with Gasteiger partial charge in [-0.3, -0.25) is 4.79 Å². The van der Waals surface area contributed by atoms with Crippen LogP contribution in [-0.4, -0.2) is 18.3 Å². The molecule has 0 radical (unpaired) electrons. The van der Waals surface area contributed by atoms with Gasteiger partial charge in [-0.25, -0.2) is 4.39 Å². The summed E-state index contributed by atoms with van der Waals surface area (Å²) in [6.45, 7) is 0.393. The minimum absolute atomic E-state index is 0.266. The maximum Gasteiger partial charge on any atom is 0.252 e. The summed E-state index contributed by atoms with van der Waals surface area (Å²) in [6, 6.07) is 3.90. The van der Waals surface area contributed by atoms with E-state index < -0.39 is 0 Å². The first-order valence-electron chi connectivity index (χ1n) is 3.94. The molecule has 1 N–H and O–H groups in total. The van der Waals surface area contributed by atoms with E-state index in [0.29, 0.717) is 22.5 Å². The van der Waals surface area contributed by atoms with Gasteiger partial charge in [-0.05, 0) is 34.1 Å². The van der Waals surface area contributed by atoms with Gasteiger partial charge >= 0.3 is 0 Å². The number of nitrogens with one attached hydrogen (secondary N) is 1. The number of rotatable bonds is 3. The second-order valence-electron chi connectivity index (χ2n) is 2.57. The summed E-state index contributed by atoms with van der Waals surface area (Å²) >= 11 is 8.52. The molecule has 0 aliphatic heterocycles. The molecule has 1 rings (SSSR count). The fourth-order valence-electron chi connectivity index (χ4n) is 0.930. The van der Waals surface area contributed by atoms with Crippen molar-refractivity contribution < 1.29 is 9.18 Å². The smallest absolute Gasteiger partial charge is 0.252 e. The maximum atomic E-state index is 12.7. The largest absolute Gasteiger partial charge is 0.351 e. The molecule has 0 aliphatic carbocycles. The van der Waals surface area contributed by atoms with Crippen LogP contribution in [0.1, 0.15) is 10.4 Å². The zero-order valence-electron chi connectivity index (χ0n) is 7.19. The molecule has 0 aromatic heterocycles. The first-order chi connectivity index (χ1) is 6.65. The molecule has 0 saturated carbocycles. The van der Waals surface area contributed by atoms with Gasteiger partial charge < -0.3 is 5.32 Å². The normalized spacial score (nSPS) is 9.93. The van der Waals surface area contributed by atoms with Gasteiger partial charge in [0.1, 0.15) is 5.82 Å². The highest BCUT2D eigenvalue weighted by atomic mass is 79.9. The van der Waals surface area contributed by atoms with Crippen molar-refractivity contribution in [3.05, 3.63) is 34.1 Å². The lowest BCUT2D eigenvalue weighted by molar-refractivity contribution is 0.0955. The van der Waals surface area contributed by atoms with Gasteiger partial charge in [0.05, 0.1) is 5.56 Å². The van der Waals surface area contributed by atoms with Gasteiger partial charge in [0.2, 0.25) is 0 Å². The predicted octanol–water partition coefficient (Wildman–Crippen LogP) is 2.56. The average molecular weight is 281 g/mol. The van der Waals surface area contributed by atoms with Crippen molar-refractivity contribution in [2.45, 2.75) is 0 Å². The van der Waals surface area contributed by atoms with Gasteiger partial charge in [0, 0.05) is 16.9 Å². The standard InChI is InChI=1S/C9H8BrClFNO/c10-8-5-6(12)1-2-7(8)9(14)13-4-3-11/h1-2,5H,3-4H2,(H,13,14). The topological polar surface area (TPSA) is 29.1 Å². The quantitative estimate of drug-likeness (QED) is 0.847. The van der Waals surface area contributed by atoms with Crippen molar-refractivity contribution >= 4 is 33.4 Å². The fourth-order valence-corrected chi connectivity index (χ4v) is 1.56. The molecule has 0 fully saturated rings. The highest BCUT2D eigenvalue weighted by Gasteiger charge is 2.09. The molecule has 0 saturated heterocycles. The Balaban J connectivity index is 2.80. The number of benzene rings is 1. The third-order valence-corrected chi connectivity index (χ3v) is 2.40. The van der Waals surface area contributed by atoms with Gasteiger partial charge in [-0.2, -0.15) is 0 Å². The lowest BCUT2D eigenvalue weighted by Gasteiger charge is -2.04. The molecule has 2 nitrogen and oxygen atoms in total. The Kier molecular flexibility index (Phi) is 4.35. The summed E-state index contributed by atoms with van der Waals surface area (Å²) in [6.07, 6.45) is 0.